The zero-order valence-electron chi connectivity index (χ0n) is 69.9. The number of nitrogens with zero attached hydrogens (tertiary/aromatic N) is 6. The summed E-state index contributed by atoms with van der Waals surface area (Å²) in [6.07, 6.45) is 11.2. The summed E-state index contributed by atoms with van der Waals surface area (Å²) in [5, 5.41) is 51.8. The van der Waals surface area contributed by atoms with Crippen LogP contribution in [0.3, 0.4) is 0 Å². The molecule has 23 nitrogen and oxygen atoms in total. The maximum atomic E-state index is 12.2. The van der Waals surface area contributed by atoms with Crippen LogP contribution in [0.15, 0.2) is 135 Å². The third-order valence-electron chi connectivity index (χ3n) is 17.0. The summed E-state index contributed by atoms with van der Waals surface area (Å²) in [4.78, 5) is 68.5. The molecule has 0 spiro atoms. The number of nitriles is 1. The first-order valence-electron chi connectivity index (χ1n) is 39.4. The van der Waals surface area contributed by atoms with E-state index in [2.05, 4.69) is 90.6 Å². The van der Waals surface area contributed by atoms with Crippen molar-refractivity contribution in [1.82, 2.24) is 5.32 Å². The number of hydrogen-bond acceptors (Lipinski definition) is 28. The van der Waals surface area contributed by atoms with Gasteiger partial charge in [-0.25, -0.2) is 14.4 Å². The number of thiophene rings is 6. The fourth-order valence-electron chi connectivity index (χ4n) is 10.8. The molecule has 0 radical (unpaired) electrons. The summed E-state index contributed by atoms with van der Waals surface area (Å²) < 4.78 is 45.4. The number of amides is 1. The Hall–Kier alpha value is -6.97. The number of carbonyl (C=O) groups excluding carboxylic acids is 4. The molecule has 6 N–H and O–H groups in total. The highest BCUT2D eigenvalue weighted by Crippen LogP contribution is 2.39. The highest BCUT2D eigenvalue weighted by Gasteiger charge is 2.28. The van der Waals surface area contributed by atoms with Crippen LogP contribution < -0.4 is 30.7 Å². The third kappa shape index (κ3) is 40.3. The molecule has 119 heavy (non-hydrogen) atoms. The Morgan fingerprint density at radius 3 is 1.55 bits per heavy atom. The molecule has 4 aromatic carbocycles. The third-order valence-corrected chi connectivity index (χ3v) is 24.3. The lowest BCUT2D eigenvalue weighted by atomic mass is 10.1. The van der Waals surface area contributed by atoms with Crippen LogP contribution in [0.25, 0.3) is 55.8 Å². The predicted octanol–water partition coefficient (Wildman–Crippen LogP) is 19.5. The molecule has 0 saturated heterocycles. The van der Waals surface area contributed by atoms with Crippen molar-refractivity contribution in [3.8, 4) is 6.07 Å². The molecule has 6 heterocycles. The summed E-state index contributed by atoms with van der Waals surface area (Å²) in [5.74, 6) is 0.264. The molecular formula is C87H117BrCl2N8O15S6. The highest BCUT2D eigenvalue weighted by atomic mass is 79.9. The van der Waals surface area contributed by atoms with E-state index in [-0.39, 0.29) is 38.4 Å². The van der Waals surface area contributed by atoms with Crippen molar-refractivity contribution in [3.05, 3.63) is 150 Å². The molecule has 1 amide bonds. The molecule has 6 aromatic heterocycles. The molecule has 652 valence electrons. The average Bonchev–Trinajstić information content (AvgIpc) is 1.66. The van der Waals surface area contributed by atoms with E-state index in [1.165, 1.54) is 67.0 Å². The number of anilines is 4. The zero-order chi connectivity index (χ0) is 87.0. The van der Waals surface area contributed by atoms with Gasteiger partial charge >= 0.3 is 18.0 Å². The SMILES string of the molecule is Brc1ccc2ccsc2c1.CN(CCO)c1ccc2cc(C=O)sc2c1.CN(CCO)c1ccc2cc(CC(N=O)C(=O)OC(C)(C)C)sc2c1.CN(CCO)c1ccc2ccsc2c1.CN(CCOC(=O)NCCOCCOCCCCCCCl)c1cc2sc(/C=C(\C#N)C(=O)OC(C)(C)C)cc2s1.NCCOCCOCCCCCCCl. The van der Waals surface area contributed by atoms with Crippen molar-refractivity contribution in [2.45, 2.75) is 117 Å². The number of esters is 2. The van der Waals surface area contributed by atoms with Gasteiger partial charge in [0.15, 0.2) is 12.3 Å². The Morgan fingerprint density at radius 2 is 1.03 bits per heavy atom. The average molecular weight is 1860 g/mol. The van der Waals surface area contributed by atoms with Gasteiger partial charge in [-0.15, -0.1) is 96.1 Å². The monoisotopic (exact) mass is 1850 g/mol. The van der Waals surface area contributed by atoms with Gasteiger partial charge < -0.3 is 79.1 Å². The molecule has 1 unspecified atom stereocenters. The van der Waals surface area contributed by atoms with Crippen LogP contribution in [0, 0.1) is 16.2 Å². The number of unbranched alkanes of at least 4 members (excludes halogenated alkanes) is 6. The van der Waals surface area contributed by atoms with Gasteiger partial charge in [0.05, 0.1) is 75.9 Å². The first kappa shape index (κ1) is 103. The van der Waals surface area contributed by atoms with E-state index in [0.717, 1.165) is 141 Å². The van der Waals surface area contributed by atoms with Crippen LogP contribution in [-0.2, 0) is 49.2 Å². The van der Waals surface area contributed by atoms with Crippen molar-refractivity contribution in [2.24, 2.45) is 10.9 Å². The van der Waals surface area contributed by atoms with Crippen LogP contribution in [0.5, 0.6) is 0 Å². The van der Waals surface area contributed by atoms with Gasteiger partial charge in [0.1, 0.15) is 29.5 Å². The van der Waals surface area contributed by atoms with Gasteiger partial charge in [0.25, 0.3) is 0 Å². The Bertz CT molecular complexity index is 4620. The zero-order valence-corrected chi connectivity index (χ0v) is 77.9. The number of rotatable bonds is 43. The Balaban J connectivity index is 0.000000272. The lowest BCUT2D eigenvalue weighted by molar-refractivity contribution is -0.156. The number of alkyl halides is 2. The Labute approximate surface area is 742 Å². The minimum Gasteiger partial charge on any atom is -0.458 e. The molecule has 10 rings (SSSR count). The number of aliphatic hydroxyl groups is 3. The smallest absolute Gasteiger partial charge is 0.407 e. The first-order chi connectivity index (χ1) is 57.2. The highest BCUT2D eigenvalue weighted by molar-refractivity contribution is 9.10. The van der Waals surface area contributed by atoms with E-state index >= 15 is 0 Å². The van der Waals surface area contributed by atoms with Crippen LogP contribution in [0.4, 0.5) is 26.9 Å². The summed E-state index contributed by atoms with van der Waals surface area (Å²) in [6, 6.07) is 37.8. The largest absolute Gasteiger partial charge is 0.458 e. The number of ether oxygens (including phenoxy) is 7. The van der Waals surface area contributed by atoms with Gasteiger partial charge in [0.2, 0.25) is 0 Å². The van der Waals surface area contributed by atoms with Gasteiger partial charge in [0, 0.05) is 152 Å². The van der Waals surface area contributed by atoms with Crippen molar-refractivity contribution in [3.63, 3.8) is 0 Å². The van der Waals surface area contributed by atoms with E-state index in [4.69, 9.17) is 77.4 Å². The molecule has 0 bridgehead atoms. The molecule has 32 heteroatoms. The molecule has 0 aliphatic heterocycles. The lowest BCUT2D eigenvalue weighted by Gasteiger charge is -2.20. The molecular weight excluding hydrogens is 1740 g/mol. The van der Waals surface area contributed by atoms with E-state index in [1.807, 2.05) is 110 Å². The molecule has 0 saturated carbocycles. The Morgan fingerprint density at radius 1 is 0.546 bits per heavy atom. The molecule has 1 atom stereocenters. The van der Waals surface area contributed by atoms with E-state index in [0.29, 0.717) is 78.9 Å². The summed E-state index contributed by atoms with van der Waals surface area (Å²) >= 11 is 24.2. The summed E-state index contributed by atoms with van der Waals surface area (Å²) in [6.45, 7) is 19.5. The van der Waals surface area contributed by atoms with E-state index < -0.39 is 35.3 Å². The molecule has 0 aliphatic rings. The number of alkyl carbamates (subject to hydrolysis) is 1. The minimum atomic E-state index is -1.04. The molecule has 10 aromatic rings. The number of likely N-dealkylation sites (N-methyl/N-ethyl adjacent to an activating group) is 4. The fourth-order valence-corrected chi connectivity index (χ4v) is 17.7. The normalized spacial score (nSPS) is 11.5. The number of halogens is 3. The van der Waals surface area contributed by atoms with Gasteiger partial charge in [-0.05, 0) is 191 Å². The lowest BCUT2D eigenvalue weighted by Crippen LogP contribution is -2.31. The van der Waals surface area contributed by atoms with Crippen LogP contribution >= 0.6 is 107 Å². The standard InChI is InChI=1S/C28H40ClN3O6S2.C18H24N2O4S.C12H13NO2S.C11H13NOS.C10H22ClNO2.C8H5BrS/c1-28(2,3)38-26(33)21(20-30)17-22-18-23-24(39-22)19-25(40-23)32(4)11-14-37-27(34)31-10-13-36-16-15-35-12-8-6-5-7-9-29;1-18(2,3)24-17(22)15(19-23)11-14-9-12-5-6-13(10-16(12)25-14)20(4)7-8-21;1-13(4-5-14)10-3-2-9-6-11(8-15)16-12(9)7-10;1-12(5-6-13)10-3-2-9-4-7-14-11(9)8-10;11-5-3-1-2-4-7-13-9-10-14-8-6-12;9-7-2-1-6-3-4-10-8(6)5-7/h17-19H,5-16H2,1-4H3,(H,31,34);5-6,9-10,15,21H,7-8,11H2,1-4H3;2-3,6-8,14H,4-5H2,1H3;2-4,7-8,13H,5-6H2,1H3;1-10,12H2;1-5H/b21-17+;;;;;. The number of fused-ring (bicyclic) bond motifs is 5. The second-order valence-corrected chi connectivity index (χ2v) is 37.1. The first-order valence-corrected chi connectivity index (χ1v) is 46.3. The van der Waals surface area contributed by atoms with Crippen molar-refractivity contribution in [1.29, 1.82) is 5.26 Å². The number of nitroso groups, excluding NO2 is 1. The van der Waals surface area contributed by atoms with Crippen LogP contribution in [-0.4, -0.2) is 215 Å². The maximum Gasteiger partial charge on any atom is 0.407 e. The van der Waals surface area contributed by atoms with Gasteiger partial charge in [-0.3, -0.25) is 4.79 Å². The van der Waals surface area contributed by atoms with E-state index in [9.17, 15) is 29.3 Å². The number of aldehydes is 1. The molecule has 0 fully saturated rings. The summed E-state index contributed by atoms with van der Waals surface area (Å²) in [7, 11) is 7.78. The predicted molar refractivity (Wildman–Crippen MR) is 503 cm³/mol. The van der Waals surface area contributed by atoms with Gasteiger partial charge in [-0.2, -0.15) is 5.26 Å². The number of aliphatic hydroxyl groups excluding tert-OH is 3. The van der Waals surface area contributed by atoms with Gasteiger partial charge in [-0.1, -0.05) is 71.1 Å². The minimum absolute atomic E-state index is 0.0303. The number of carbonyl (C=O) groups is 4. The van der Waals surface area contributed by atoms with E-state index in [1.54, 1.807) is 81.6 Å². The summed E-state index contributed by atoms with van der Waals surface area (Å²) in [5.41, 5.74) is 7.14. The second kappa shape index (κ2) is 57.4. The van der Waals surface area contributed by atoms with Crippen molar-refractivity contribution >= 4 is 209 Å². The maximum absolute atomic E-state index is 12.2. The van der Waals surface area contributed by atoms with Crippen LogP contribution in [0.1, 0.15) is 112 Å². The second-order valence-electron chi connectivity index (χ2n) is 29.0. The van der Waals surface area contributed by atoms with Crippen molar-refractivity contribution in [2.75, 3.05) is 178 Å². The fraction of sp³-hybridized carbons (Fsp3) is 0.483. The number of nitrogens with two attached hydrogens (primary N) is 1. The Kier molecular flexibility index (Phi) is 49.5. The van der Waals surface area contributed by atoms with Crippen LogP contribution in [0.2, 0.25) is 0 Å². The van der Waals surface area contributed by atoms with Crippen molar-refractivity contribution < 1.29 is 67.7 Å². The number of benzene rings is 4. The number of hydrogen-bond donors (Lipinski definition) is 5. The molecule has 0 aliphatic carbocycles. The topological polar surface area (TPSA) is 298 Å². The quantitative estimate of drug-likeness (QED) is 0.00347. The number of nitrogens with one attached hydrogen (secondary N) is 1.